The van der Waals surface area contributed by atoms with Crippen LogP contribution in [0.5, 0.6) is 0 Å². The van der Waals surface area contributed by atoms with Crippen LogP contribution in [0, 0.1) is 5.92 Å². The fraction of sp³-hybridized carbons (Fsp3) is 0.429. The molecule has 0 aliphatic carbocycles. The Bertz CT molecular complexity index is 785. The molecule has 0 aliphatic heterocycles. The third-order valence-electron chi connectivity index (χ3n) is 4.30. The van der Waals surface area contributed by atoms with Crippen molar-refractivity contribution in [3.63, 3.8) is 0 Å². The summed E-state index contributed by atoms with van der Waals surface area (Å²) >= 11 is 0. The van der Waals surface area contributed by atoms with Gasteiger partial charge in [0.15, 0.2) is 5.76 Å². The number of hydrogen-bond donors (Lipinski definition) is 1. The number of ether oxygens (including phenoxy) is 1. The Kier molecular flexibility index (Phi) is 7.63. The Balaban J connectivity index is 2.32. The van der Waals surface area contributed by atoms with E-state index < -0.39 is 0 Å². The summed E-state index contributed by atoms with van der Waals surface area (Å²) in [5.41, 5.74) is 2.59. The lowest BCUT2D eigenvalue weighted by molar-refractivity contribution is -0.118. The molecule has 152 valence electrons. The number of rotatable bonds is 9. The third kappa shape index (κ3) is 5.60. The van der Waals surface area contributed by atoms with Crippen LogP contribution >= 0.6 is 0 Å². The first kappa shape index (κ1) is 21.5. The number of furan rings is 1. The maximum atomic E-state index is 12.8. The van der Waals surface area contributed by atoms with Gasteiger partial charge in [0.1, 0.15) is 0 Å². The van der Waals surface area contributed by atoms with Gasteiger partial charge < -0.3 is 24.3 Å². The molecule has 0 saturated heterocycles. The summed E-state index contributed by atoms with van der Waals surface area (Å²) in [5, 5.41) is 2.92. The van der Waals surface area contributed by atoms with Crippen molar-refractivity contribution in [1.82, 2.24) is 4.90 Å². The second-order valence-electron chi connectivity index (χ2n) is 7.08. The Morgan fingerprint density at radius 1 is 1.21 bits per heavy atom. The van der Waals surface area contributed by atoms with Crippen LogP contribution < -0.4 is 10.2 Å². The molecule has 0 unspecified atom stereocenters. The first-order chi connectivity index (χ1) is 13.3. The number of nitrogens with zero attached hydrogens (tertiary/aromatic N) is 2. The minimum atomic E-state index is -0.205. The molecule has 2 aromatic rings. The topological polar surface area (TPSA) is 75.0 Å². The number of carbonyl (C=O) groups is 2. The molecule has 0 saturated carbocycles. The van der Waals surface area contributed by atoms with Gasteiger partial charge in [-0.1, -0.05) is 13.8 Å². The molecule has 0 bridgehead atoms. The highest BCUT2D eigenvalue weighted by Crippen LogP contribution is 2.25. The molecule has 0 spiro atoms. The van der Waals surface area contributed by atoms with Crippen LogP contribution in [0.4, 0.5) is 11.4 Å². The predicted octanol–water partition coefficient (Wildman–Crippen LogP) is 3.23. The summed E-state index contributed by atoms with van der Waals surface area (Å²) in [6.45, 7) is 4.89. The molecule has 1 heterocycles. The quantitative estimate of drug-likeness (QED) is 0.715. The highest BCUT2D eigenvalue weighted by Gasteiger charge is 2.20. The molecular formula is C21H29N3O4. The van der Waals surface area contributed by atoms with Gasteiger partial charge >= 0.3 is 0 Å². The number of hydrogen-bond acceptors (Lipinski definition) is 5. The van der Waals surface area contributed by atoms with Crippen molar-refractivity contribution in [3.05, 3.63) is 47.9 Å². The molecule has 2 amide bonds. The Labute approximate surface area is 166 Å². The molecule has 1 aromatic heterocycles. The molecule has 0 aliphatic rings. The normalized spacial score (nSPS) is 10.8. The van der Waals surface area contributed by atoms with E-state index in [1.807, 2.05) is 51.0 Å². The largest absolute Gasteiger partial charge is 0.459 e. The summed E-state index contributed by atoms with van der Waals surface area (Å²) in [6, 6.07) is 9.05. The fourth-order valence-electron chi connectivity index (χ4n) is 2.73. The van der Waals surface area contributed by atoms with Crippen molar-refractivity contribution in [2.75, 3.05) is 44.6 Å². The van der Waals surface area contributed by atoms with Gasteiger partial charge in [-0.15, -0.1) is 0 Å². The van der Waals surface area contributed by atoms with E-state index in [2.05, 4.69) is 5.32 Å². The van der Waals surface area contributed by atoms with Crippen molar-refractivity contribution in [1.29, 1.82) is 0 Å². The van der Waals surface area contributed by atoms with Gasteiger partial charge in [-0.05, 0) is 35.9 Å². The van der Waals surface area contributed by atoms with Crippen molar-refractivity contribution < 1.29 is 18.7 Å². The highest BCUT2D eigenvalue weighted by molar-refractivity contribution is 5.93. The van der Waals surface area contributed by atoms with Crippen molar-refractivity contribution >= 4 is 23.2 Å². The van der Waals surface area contributed by atoms with E-state index in [4.69, 9.17) is 9.15 Å². The molecule has 0 fully saturated rings. The van der Waals surface area contributed by atoms with E-state index in [1.165, 1.54) is 6.26 Å². The first-order valence-corrected chi connectivity index (χ1v) is 9.26. The van der Waals surface area contributed by atoms with E-state index in [0.29, 0.717) is 25.4 Å². The van der Waals surface area contributed by atoms with E-state index >= 15 is 0 Å². The van der Waals surface area contributed by atoms with Gasteiger partial charge in [0, 0.05) is 51.6 Å². The maximum Gasteiger partial charge on any atom is 0.289 e. The lowest BCUT2D eigenvalue weighted by Crippen LogP contribution is -2.33. The van der Waals surface area contributed by atoms with E-state index in [1.54, 1.807) is 24.1 Å². The van der Waals surface area contributed by atoms with Gasteiger partial charge in [-0.3, -0.25) is 9.59 Å². The number of nitrogens with one attached hydrogen (secondary N) is 1. The van der Waals surface area contributed by atoms with Gasteiger partial charge in [-0.2, -0.15) is 0 Å². The minimum absolute atomic E-state index is 0.0496. The van der Waals surface area contributed by atoms with E-state index in [-0.39, 0.29) is 23.5 Å². The second-order valence-corrected chi connectivity index (χ2v) is 7.08. The first-order valence-electron chi connectivity index (χ1n) is 9.26. The number of methoxy groups -OCH3 is 1. The van der Waals surface area contributed by atoms with Crippen LogP contribution in [-0.2, 0) is 16.1 Å². The lowest BCUT2D eigenvalue weighted by atomic mass is 10.1. The van der Waals surface area contributed by atoms with E-state index in [0.717, 1.165) is 11.3 Å². The summed E-state index contributed by atoms with van der Waals surface area (Å²) in [5.74, 6) is -0.0858. The van der Waals surface area contributed by atoms with Gasteiger partial charge in [0.25, 0.3) is 5.91 Å². The standard InChI is InChI=1S/C21H29N3O4/c1-15(2)20(25)22-17-8-9-18(23(3)4)16(13-17)14-24(10-12-27-5)21(26)19-7-6-11-28-19/h6-9,11,13,15H,10,12,14H2,1-5H3,(H,22,25). The fourth-order valence-corrected chi connectivity index (χ4v) is 2.73. The molecule has 1 N–H and O–H groups in total. The Morgan fingerprint density at radius 3 is 2.54 bits per heavy atom. The molecular weight excluding hydrogens is 358 g/mol. The smallest absolute Gasteiger partial charge is 0.289 e. The van der Waals surface area contributed by atoms with Crippen molar-refractivity contribution in [2.45, 2.75) is 20.4 Å². The lowest BCUT2D eigenvalue weighted by Gasteiger charge is -2.25. The summed E-state index contributed by atoms with van der Waals surface area (Å²) < 4.78 is 10.4. The number of carbonyl (C=O) groups excluding carboxylic acids is 2. The Morgan fingerprint density at radius 2 is 1.96 bits per heavy atom. The summed E-state index contributed by atoms with van der Waals surface area (Å²) in [6.07, 6.45) is 1.48. The predicted molar refractivity (Wildman–Crippen MR) is 110 cm³/mol. The molecule has 7 heteroatoms. The van der Waals surface area contributed by atoms with Crippen LogP contribution in [-0.4, -0.2) is 51.1 Å². The SMILES string of the molecule is COCCN(Cc1cc(NC(=O)C(C)C)ccc1N(C)C)C(=O)c1ccco1. The molecule has 28 heavy (non-hydrogen) atoms. The monoisotopic (exact) mass is 387 g/mol. The molecule has 0 atom stereocenters. The second kappa shape index (κ2) is 9.94. The third-order valence-corrected chi connectivity index (χ3v) is 4.30. The summed E-state index contributed by atoms with van der Waals surface area (Å²) in [4.78, 5) is 28.6. The van der Waals surface area contributed by atoms with Gasteiger partial charge in [0.2, 0.25) is 5.91 Å². The van der Waals surface area contributed by atoms with Gasteiger partial charge in [-0.25, -0.2) is 0 Å². The average molecular weight is 387 g/mol. The Hall–Kier alpha value is -2.80. The van der Waals surface area contributed by atoms with Crippen LogP contribution in [0.3, 0.4) is 0 Å². The number of anilines is 2. The maximum absolute atomic E-state index is 12.8. The van der Waals surface area contributed by atoms with E-state index in [9.17, 15) is 9.59 Å². The zero-order chi connectivity index (χ0) is 20.7. The van der Waals surface area contributed by atoms with Crippen LogP contribution in [0.1, 0.15) is 30.0 Å². The zero-order valence-corrected chi connectivity index (χ0v) is 17.2. The van der Waals surface area contributed by atoms with Crippen LogP contribution in [0.15, 0.2) is 41.0 Å². The molecule has 0 radical (unpaired) electrons. The minimum Gasteiger partial charge on any atom is -0.459 e. The van der Waals surface area contributed by atoms with Gasteiger partial charge in [0.05, 0.1) is 12.9 Å². The number of amides is 2. The molecule has 7 nitrogen and oxygen atoms in total. The average Bonchev–Trinajstić information content (AvgIpc) is 3.19. The van der Waals surface area contributed by atoms with Crippen molar-refractivity contribution in [3.8, 4) is 0 Å². The summed E-state index contributed by atoms with van der Waals surface area (Å²) in [7, 11) is 5.49. The molecule has 2 rings (SSSR count). The highest BCUT2D eigenvalue weighted by atomic mass is 16.5. The van der Waals surface area contributed by atoms with Crippen molar-refractivity contribution in [2.24, 2.45) is 5.92 Å². The molecule has 1 aromatic carbocycles. The van der Waals surface area contributed by atoms with Crippen LogP contribution in [0.2, 0.25) is 0 Å². The zero-order valence-electron chi connectivity index (χ0n) is 17.2. The number of benzene rings is 1. The van der Waals surface area contributed by atoms with Crippen LogP contribution in [0.25, 0.3) is 0 Å².